The molecule has 0 amide bonds. The van der Waals surface area contributed by atoms with Gasteiger partial charge in [0.1, 0.15) is 5.76 Å². The lowest BCUT2D eigenvalue weighted by molar-refractivity contribution is 0.372. The fourth-order valence-corrected chi connectivity index (χ4v) is 2.20. The minimum Gasteiger partial charge on any atom is -0.453 e. The van der Waals surface area contributed by atoms with Crippen LogP contribution >= 0.6 is 15.9 Å². The summed E-state index contributed by atoms with van der Waals surface area (Å²) in [5, 5.41) is 3.67. The van der Waals surface area contributed by atoms with Crippen LogP contribution in [0.15, 0.2) is 21.2 Å². The molecular formula is C11H14BrNO. The SMILES string of the molecule is Brc1ccc(C(NC2CC2)C2CC2)o1. The highest BCUT2D eigenvalue weighted by molar-refractivity contribution is 9.10. The van der Waals surface area contributed by atoms with E-state index in [1.807, 2.05) is 6.07 Å². The molecule has 2 saturated carbocycles. The van der Waals surface area contributed by atoms with E-state index in [2.05, 4.69) is 27.3 Å². The Hall–Kier alpha value is -0.280. The van der Waals surface area contributed by atoms with Crippen molar-refractivity contribution in [2.75, 3.05) is 0 Å². The van der Waals surface area contributed by atoms with Crippen molar-refractivity contribution in [3.8, 4) is 0 Å². The van der Waals surface area contributed by atoms with Crippen LogP contribution < -0.4 is 5.32 Å². The van der Waals surface area contributed by atoms with Crippen molar-refractivity contribution in [3.05, 3.63) is 22.6 Å². The van der Waals surface area contributed by atoms with Gasteiger partial charge >= 0.3 is 0 Å². The van der Waals surface area contributed by atoms with E-state index in [0.717, 1.165) is 22.4 Å². The molecule has 1 heterocycles. The van der Waals surface area contributed by atoms with E-state index in [1.54, 1.807) is 0 Å². The molecule has 14 heavy (non-hydrogen) atoms. The van der Waals surface area contributed by atoms with Gasteiger partial charge in [-0.25, -0.2) is 0 Å². The van der Waals surface area contributed by atoms with E-state index in [1.165, 1.54) is 25.7 Å². The lowest BCUT2D eigenvalue weighted by Gasteiger charge is -2.14. The standard InChI is InChI=1S/C11H14BrNO/c12-10-6-5-9(14-10)11(7-1-2-7)13-8-3-4-8/h5-8,11,13H,1-4H2. The Morgan fingerprint density at radius 1 is 1.29 bits per heavy atom. The van der Waals surface area contributed by atoms with Crippen molar-refractivity contribution >= 4 is 15.9 Å². The van der Waals surface area contributed by atoms with Crippen LogP contribution in [0.2, 0.25) is 0 Å². The van der Waals surface area contributed by atoms with Crippen LogP contribution in [0.1, 0.15) is 37.5 Å². The van der Waals surface area contributed by atoms with Crippen LogP contribution in [0.25, 0.3) is 0 Å². The second-order valence-corrected chi connectivity index (χ2v) is 5.18. The lowest BCUT2D eigenvalue weighted by Crippen LogP contribution is -2.24. The molecule has 3 heteroatoms. The lowest BCUT2D eigenvalue weighted by atomic mass is 10.1. The molecule has 2 fully saturated rings. The molecule has 0 aliphatic heterocycles. The minimum atomic E-state index is 0.466. The third-order valence-corrected chi connectivity index (χ3v) is 3.41. The van der Waals surface area contributed by atoms with Crippen LogP contribution in [-0.4, -0.2) is 6.04 Å². The maximum atomic E-state index is 5.63. The fourth-order valence-electron chi connectivity index (χ4n) is 1.88. The predicted molar refractivity (Wildman–Crippen MR) is 58.0 cm³/mol. The summed E-state index contributed by atoms with van der Waals surface area (Å²) < 4.78 is 6.47. The predicted octanol–water partition coefficient (Wildman–Crippen LogP) is 3.25. The van der Waals surface area contributed by atoms with Gasteiger partial charge in [0, 0.05) is 6.04 Å². The number of rotatable bonds is 4. The van der Waals surface area contributed by atoms with Gasteiger partial charge in [0.15, 0.2) is 4.67 Å². The van der Waals surface area contributed by atoms with E-state index in [9.17, 15) is 0 Å². The highest BCUT2D eigenvalue weighted by atomic mass is 79.9. The Balaban J connectivity index is 1.75. The van der Waals surface area contributed by atoms with Gasteiger partial charge in [-0.2, -0.15) is 0 Å². The second-order valence-electron chi connectivity index (χ2n) is 4.40. The molecule has 0 bridgehead atoms. The first-order chi connectivity index (χ1) is 6.83. The van der Waals surface area contributed by atoms with Gasteiger partial charge in [-0.15, -0.1) is 0 Å². The zero-order chi connectivity index (χ0) is 9.54. The summed E-state index contributed by atoms with van der Waals surface area (Å²) in [7, 11) is 0. The Morgan fingerprint density at radius 2 is 2.07 bits per heavy atom. The van der Waals surface area contributed by atoms with Gasteiger partial charge in [-0.3, -0.25) is 0 Å². The fraction of sp³-hybridized carbons (Fsp3) is 0.636. The van der Waals surface area contributed by atoms with Crippen molar-refractivity contribution in [1.29, 1.82) is 0 Å². The van der Waals surface area contributed by atoms with Crippen molar-refractivity contribution in [3.63, 3.8) is 0 Å². The molecule has 76 valence electrons. The van der Waals surface area contributed by atoms with Gasteiger partial charge in [0.05, 0.1) is 6.04 Å². The van der Waals surface area contributed by atoms with Crippen LogP contribution in [-0.2, 0) is 0 Å². The summed E-state index contributed by atoms with van der Waals surface area (Å²) in [5.41, 5.74) is 0. The molecule has 1 aromatic heterocycles. The first kappa shape index (κ1) is 8.98. The van der Waals surface area contributed by atoms with E-state index in [-0.39, 0.29) is 0 Å². The average molecular weight is 256 g/mol. The third-order valence-electron chi connectivity index (χ3n) is 2.99. The number of hydrogen-bond acceptors (Lipinski definition) is 2. The first-order valence-corrected chi connectivity index (χ1v) is 6.13. The van der Waals surface area contributed by atoms with Gasteiger partial charge in [-0.1, -0.05) is 0 Å². The van der Waals surface area contributed by atoms with Crippen LogP contribution in [0, 0.1) is 5.92 Å². The molecule has 2 nitrogen and oxygen atoms in total. The summed E-state index contributed by atoms with van der Waals surface area (Å²) in [6, 6.07) is 5.29. The molecule has 3 rings (SSSR count). The highest BCUT2D eigenvalue weighted by Crippen LogP contribution is 2.43. The summed E-state index contributed by atoms with van der Waals surface area (Å²) in [6.45, 7) is 0. The van der Waals surface area contributed by atoms with Crippen LogP contribution in [0.3, 0.4) is 0 Å². The topological polar surface area (TPSA) is 25.2 Å². The maximum absolute atomic E-state index is 5.63. The average Bonchev–Trinajstić information content (AvgIpc) is 3.04. The van der Waals surface area contributed by atoms with Gasteiger partial charge in [0.25, 0.3) is 0 Å². The maximum Gasteiger partial charge on any atom is 0.169 e. The van der Waals surface area contributed by atoms with Crippen molar-refractivity contribution < 1.29 is 4.42 Å². The Morgan fingerprint density at radius 3 is 2.57 bits per heavy atom. The summed E-state index contributed by atoms with van der Waals surface area (Å²) in [4.78, 5) is 0. The van der Waals surface area contributed by atoms with Crippen LogP contribution in [0.5, 0.6) is 0 Å². The third kappa shape index (κ3) is 1.89. The normalized spacial score (nSPS) is 23.8. The highest BCUT2D eigenvalue weighted by Gasteiger charge is 2.37. The number of halogens is 1. The molecule has 1 aromatic rings. The van der Waals surface area contributed by atoms with E-state index >= 15 is 0 Å². The Kier molecular flexibility index (Phi) is 2.17. The number of nitrogens with one attached hydrogen (secondary N) is 1. The zero-order valence-corrected chi connectivity index (χ0v) is 9.59. The molecule has 2 aliphatic carbocycles. The smallest absolute Gasteiger partial charge is 0.169 e. The van der Waals surface area contributed by atoms with E-state index < -0.39 is 0 Å². The molecule has 1 N–H and O–H groups in total. The molecule has 0 spiro atoms. The second kappa shape index (κ2) is 3.38. The summed E-state index contributed by atoms with van der Waals surface area (Å²) in [6.07, 6.45) is 5.38. The molecule has 1 unspecified atom stereocenters. The van der Waals surface area contributed by atoms with Gasteiger partial charge in [-0.05, 0) is 59.7 Å². The molecule has 1 atom stereocenters. The number of hydrogen-bond donors (Lipinski definition) is 1. The van der Waals surface area contributed by atoms with Crippen molar-refractivity contribution in [1.82, 2.24) is 5.32 Å². The minimum absolute atomic E-state index is 0.466. The largest absolute Gasteiger partial charge is 0.453 e. The van der Waals surface area contributed by atoms with Gasteiger partial charge < -0.3 is 9.73 Å². The molecule has 0 aromatic carbocycles. The summed E-state index contributed by atoms with van der Waals surface area (Å²) >= 11 is 3.36. The molecular weight excluding hydrogens is 242 g/mol. The Bertz CT molecular complexity index is 328. The number of furan rings is 1. The van der Waals surface area contributed by atoms with Crippen molar-refractivity contribution in [2.24, 2.45) is 5.92 Å². The Labute approximate surface area is 92.2 Å². The monoisotopic (exact) mass is 255 g/mol. The van der Waals surface area contributed by atoms with Crippen LogP contribution in [0.4, 0.5) is 0 Å². The van der Waals surface area contributed by atoms with E-state index in [0.29, 0.717) is 6.04 Å². The summed E-state index contributed by atoms with van der Waals surface area (Å²) in [5.74, 6) is 1.92. The molecule has 0 radical (unpaired) electrons. The van der Waals surface area contributed by atoms with Crippen molar-refractivity contribution in [2.45, 2.75) is 37.8 Å². The molecule has 2 aliphatic rings. The van der Waals surface area contributed by atoms with Gasteiger partial charge in [0.2, 0.25) is 0 Å². The zero-order valence-electron chi connectivity index (χ0n) is 8.00. The van der Waals surface area contributed by atoms with E-state index in [4.69, 9.17) is 4.42 Å². The first-order valence-electron chi connectivity index (χ1n) is 5.34. The quantitative estimate of drug-likeness (QED) is 0.894. The molecule has 0 saturated heterocycles.